The van der Waals surface area contributed by atoms with Gasteiger partial charge in [0.25, 0.3) is 0 Å². The molecule has 100 valence electrons. The molecule has 20 heavy (non-hydrogen) atoms. The van der Waals surface area contributed by atoms with Gasteiger partial charge in [-0.05, 0) is 40.1 Å². The lowest BCUT2D eigenvalue weighted by Gasteiger charge is -2.12. The summed E-state index contributed by atoms with van der Waals surface area (Å²) in [7, 11) is 0. The maximum Gasteiger partial charge on any atom is 0.0645 e. The van der Waals surface area contributed by atoms with Crippen LogP contribution in [0.2, 0.25) is 10.0 Å². The van der Waals surface area contributed by atoms with Gasteiger partial charge in [0.15, 0.2) is 0 Å². The van der Waals surface area contributed by atoms with E-state index in [-0.39, 0.29) is 4.83 Å². The summed E-state index contributed by atoms with van der Waals surface area (Å²) in [5.74, 6) is 0. The van der Waals surface area contributed by atoms with Crippen molar-refractivity contribution in [2.45, 2.75) is 4.83 Å². The minimum atomic E-state index is 0.0990. The zero-order valence-corrected chi connectivity index (χ0v) is 13.6. The van der Waals surface area contributed by atoms with Gasteiger partial charge in [-0.25, -0.2) is 0 Å². The number of fused-ring (bicyclic) bond motifs is 1. The quantitative estimate of drug-likeness (QED) is 0.447. The minimum Gasteiger partial charge on any atom is -0.0827 e. The molecule has 0 radical (unpaired) electrons. The molecule has 3 aromatic carbocycles. The molecule has 0 heterocycles. The highest BCUT2D eigenvalue weighted by molar-refractivity contribution is 9.09. The second kappa shape index (κ2) is 5.77. The van der Waals surface area contributed by atoms with E-state index in [4.69, 9.17) is 23.2 Å². The molecule has 0 amide bonds. The lowest BCUT2D eigenvalue weighted by Crippen LogP contribution is -1.93. The highest BCUT2D eigenvalue weighted by Gasteiger charge is 2.12. The Kier molecular flexibility index (Phi) is 4.02. The Morgan fingerprint density at radius 1 is 0.700 bits per heavy atom. The van der Waals surface area contributed by atoms with E-state index in [0.29, 0.717) is 10.0 Å². The molecule has 0 aliphatic rings. The van der Waals surface area contributed by atoms with Crippen molar-refractivity contribution in [3.8, 4) is 0 Å². The van der Waals surface area contributed by atoms with E-state index < -0.39 is 0 Å². The van der Waals surface area contributed by atoms with Crippen LogP contribution in [0.3, 0.4) is 0 Å². The van der Waals surface area contributed by atoms with Gasteiger partial charge in [0.1, 0.15) is 0 Å². The Labute approximate surface area is 136 Å². The number of hydrogen-bond donors (Lipinski definition) is 0. The fourth-order valence-corrected chi connectivity index (χ4v) is 3.10. The molecule has 0 aromatic heterocycles. The van der Waals surface area contributed by atoms with Crippen LogP contribution < -0.4 is 0 Å². The maximum atomic E-state index is 6.09. The summed E-state index contributed by atoms with van der Waals surface area (Å²) >= 11 is 15.8. The van der Waals surface area contributed by atoms with Gasteiger partial charge in [-0.2, -0.15) is 0 Å². The van der Waals surface area contributed by atoms with Gasteiger partial charge in [-0.15, -0.1) is 0 Å². The molecule has 0 aliphatic carbocycles. The average molecular weight is 366 g/mol. The molecule has 0 saturated heterocycles. The summed E-state index contributed by atoms with van der Waals surface area (Å²) in [5.41, 5.74) is 2.29. The van der Waals surface area contributed by atoms with E-state index >= 15 is 0 Å². The number of hydrogen-bond acceptors (Lipinski definition) is 0. The zero-order valence-electron chi connectivity index (χ0n) is 10.5. The van der Waals surface area contributed by atoms with Crippen LogP contribution in [0.4, 0.5) is 0 Å². The first kappa shape index (κ1) is 13.9. The van der Waals surface area contributed by atoms with Crippen molar-refractivity contribution in [1.82, 2.24) is 0 Å². The fraction of sp³-hybridized carbons (Fsp3) is 0.0588. The van der Waals surface area contributed by atoms with E-state index in [1.165, 1.54) is 16.3 Å². The van der Waals surface area contributed by atoms with Crippen LogP contribution in [0.25, 0.3) is 10.8 Å². The molecular weight excluding hydrogens is 355 g/mol. The maximum absolute atomic E-state index is 6.09. The van der Waals surface area contributed by atoms with Gasteiger partial charge in [0.2, 0.25) is 0 Å². The first-order valence-corrected chi connectivity index (χ1v) is 7.90. The Hall–Kier alpha value is -1.02. The molecule has 0 fully saturated rings. The van der Waals surface area contributed by atoms with Gasteiger partial charge in [0, 0.05) is 0 Å². The molecule has 0 nitrogen and oxygen atoms in total. The molecule has 0 N–H and O–H groups in total. The van der Waals surface area contributed by atoms with E-state index in [2.05, 4.69) is 52.3 Å². The van der Waals surface area contributed by atoms with Gasteiger partial charge in [-0.3, -0.25) is 0 Å². The van der Waals surface area contributed by atoms with Crippen molar-refractivity contribution in [2.24, 2.45) is 0 Å². The monoisotopic (exact) mass is 364 g/mol. The van der Waals surface area contributed by atoms with Crippen molar-refractivity contribution in [3.63, 3.8) is 0 Å². The molecule has 1 atom stereocenters. The van der Waals surface area contributed by atoms with Crippen LogP contribution in [0, 0.1) is 0 Å². The molecule has 0 bridgehead atoms. The summed E-state index contributed by atoms with van der Waals surface area (Å²) in [4.78, 5) is 0.0990. The van der Waals surface area contributed by atoms with E-state index in [9.17, 15) is 0 Å². The lowest BCUT2D eigenvalue weighted by molar-refractivity contribution is 1.18. The summed E-state index contributed by atoms with van der Waals surface area (Å²) in [5, 5.41) is 3.63. The standard InChI is InChI=1S/C17H11BrCl2/c18-17(14-7-8-15(19)16(20)10-14)13-6-5-11-3-1-2-4-12(11)9-13/h1-10,17H. The van der Waals surface area contributed by atoms with Crippen molar-refractivity contribution >= 4 is 49.9 Å². The van der Waals surface area contributed by atoms with Gasteiger partial charge in [-0.1, -0.05) is 81.6 Å². The van der Waals surface area contributed by atoms with Gasteiger partial charge < -0.3 is 0 Å². The zero-order chi connectivity index (χ0) is 14.1. The van der Waals surface area contributed by atoms with Crippen LogP contribution in [-0.2, 0) is 0 Å². The fourth-order valence-electron chi connectivity index (χ4n) is 2.23. The molecule has 3 aromatic rings. The van der Waals surface area contributed by atoms with Crippen LogP contribution in [0.5, 0.6) is 0 Å². The Balaban J connectivity index is 2.02. The SMILES string of the molecule is Clc1ccc(C(Br)c2ccc3ccccc3c2)cc1Cl. The average Bonchev–Trinajstić information content (AvgIpc) is 2.49. The summed E-state index contributed by atoms with van der Waals surface area (Å²) in [6.07, 6.45) is 0. The third kappa shape index (κ3) is 2.71. The van der Waals surface area contributed by atoms with Crippen molar-refractivity contribution in [2.75, 3.05) is 0 Å². The third-order valence-corrected chi connectivity index (χ3v) is 5.10. The lowest BCUT2D eigenvalue weighted by atomic mass is 10.0. The number of halogens is 3. The topological polar surface area (TPSA) is 0 Å². The first-order valence-electron chi connectivity index (χ1n) is 6.23. The second-order valence-corrected chi connectivity index (χ2v) is 6.37. The summed E-state index contributed by atoms with van der Waals surface area (Å²) in [6, 6.07) is 20.5. The van der Waals surface area contributed by atoms with E-state index in [1.54, 1.807) is 0 Å². The van der Waals surface area contributed by atoms with Gasteiger partial charge >= 0.3 is 0 Å². The Morgan fingerprint density at radius 3 is 2.10 bits per heavy atom. The van der Waals surface area contributed by atoms with Crippen LogP contribution >= 0.6 is 39.1 Å². The highest BCUT2D eigenvalue weighted by Crippen LogP contribution is 2.35. The molecule has 3 rings (SSSR count). The van der Waals surface area contributed by atoms with E-state index in [1.807, 2.05) is 24.3 Å². The molecule has 0 saturated carbocycles. The number of benzene rings is 3. The van der Waals surface area contributed by atoms with E-state index in [0.717, 1.165) is 5.56 Å². The van der Waals surface area contributed by atoms with Crippen LogP contribution in [0.1, 0.15) is 16.0 Å². The normalized spacial score (nSPS) is 12.6. The predicted molar refractivity (Wildman–Crippen MR) is 91.2 cm³/mol. The van der Waals surface area contributed by atoms with Crippen LogP contribution in [-0.4, -0.2) is 0 Å². The molecule has 1 unspecified atom stereocenters. The Morgan fingerprint density at radius 2 is 1.35 bits per heavy atom. The number of alkyl halides is 1. The summed E-state index contributed by atoms with van der Waals surface area (Å²) in [6.45, 7) is 0. The highest BCUT2D eigenvalue weighted by atomic mass is 79.9. The predicted octanol–water partition coefficient (Wildman–Crippen LogP) is 6.63. The molecule has 0 spiro atoms. The smallest absolute Gasteiger partial charge is 0.0645 e. The molecule has 0 aliphatic heterocycles. The van der Waals surface area contributed by atoms with Crippen LogP contribution in [0.15, 0.2) is 60.7 Å². The summed E-state index contributed by atoms with van der Waals surface area (Å²) < 4.78 is 0. The molecule has 3 heteroatoms. The third-order valence-electron chi connectivity index (χ3n) is 3.30. The van der Waals surface area contributed by atoms with Crippen molar-refractivity contribution in [1.29, 1.82) is 0 Å². The number of rotatable bonds is 2. The van der Waals surface area contributed by atoms with Gasteiger partial charge in [0.05, 0.1) is 14.9 Å². The minimum absolute atomic E-state index is 0.0990. The molecular formula is C17H11BrCl2. The Bertz CT molecular complexity index is 768. The van der Waals surface area contributed by atoms with Crippen molar-refractivity contribution < 1.29 is 0 Å². The van der Waals surface area contributed by atoms with Crippen molar-refractivity contribution in [3.05, 3.63) is 81.8 Å². The second-order valence-electron chi connectivity index (χ2n) is 4.64. The largest absolute Gasteiger partial charge is 0.0827 e. The first-order chi connectivity index (χ1) is 9.65.